The summed E-state index contributed by atoms with van der Waals surface area (Å²) in [5.41, 5.74) is 2.00. The number of carbonyl (C=O) groups excluding carboxylic acids is 1. The molecule has 2 aromatic heterocycles. The molecule has 0 unspecified atom stereocenters. The van der Waals surface area contributed by atoms with Crippen LogP contribution in [0.3, 0.4) is 0 Å². The Morgan fingerprint density at radius 3 is 2.83 bits per heavy atom. The van der Waals surface area contributed by atoms with Crippen LogP contribution in [0.1, 0.15) is 15.2 Å². The largest absolute Gasteiger partial charge is 0.448 e. The van der Waals surface area contributed by atoms with Crippen LogP contribution in [-0.4, -0.2) is 38.5 Å². The molecule has 30 heavy (non-hydrogen) atoms. The number of ether oxygens (including phenoxy) is 1. The monoisotopic (exact) mass is 454 g/mol. The summed E-state index contributed by atoms with van der Waals surface area (Å²) in [6, 6.07) is 15.5. The van der Waals surface area contributed by atoms with Gasteiger partial charge in [0.2, 0.25) is 5.16 Å². The molecule has 0 bridgehead atoms. The van der Waals surface area contributed by atoms with E-state index >= 15 is 0 Å². The third-order valence-corrected chi connectivity index (χ3v) is 6.64. The Bertz CT molecular complexity index is 1270. The van der Waals surface area contributed by atoms with E-state index in [1.54, 1.807) is 4.68 Å². The maximum Gasteiger partial charge on any atom is 0.350 e. The van der Waals surface area contributed by atoms with E-state index in [9.17, 15) is 4.79 Å². The highest BCUT2D eigenvalue weighted by atomic mass is 35.5. The average molecular weight is 455 g/mol. The second-order valence-corrected chi connectivity index (χ2v) is 8.49. The fourth-order valence-corrected chi connectivity index (χ4v) is 4.79. The smallest absolute Gasteiger partial charge is 0.350 e. The summed E-state index contributed by atoms with van der Waals surface area (Å²) in [6.07, 6.45) is 0. The minimum atomic E-state index is -0.466. The van der Waals surface area contributed by atoms with Gasteiger partial charge in [-0.2, -0.15) is 4.68 Å². The van der Waals surface area contributed by atoms with Crippen molar-refractivity contribution in [3.8, 4) is 17.5 Å². The van der Waals surface area contributed by atoms with E-state index in [1.165, 1.54) is 23.1 Å². The molecule has 0 spiro atoms. The van der Waals surface area contributed by atoms with Crippen LogP contribution in [0.4, 0.5) is 0 Å². The number of nitrogens with zero attached hydrogens (tertiary/aromatic N) is 4. The number of thiophene rings is 1. The van der Waals surface area contributed by atoms with E-state index in [0.717, 1.165) is 21.3 Å². The molecule has 0 aliphatic rings. The predicted molar refractivity (Wildman–Crippen MR) is 120 cm³/mol. The van der Waals surface area contributed by atoms with Crippen molar-refractivity contribution in [2.45, 2.75) is 12.1 Å². The third-order valence-electron chi connectivity index (χ3n) is 4.18. The van der Waals surface area contributed by atoms with Crippen molar-refractivity contribution in [1.29, 1.82) is 0 Å². The number of para-hydroxylation sites is 1. The molecule has 4 rings (SSSR count). The van der Waals surface area contributed by atoms with Crippen LogP contribution in [0.25, 0.3) is 15.8 Å². The molecule has 9 heteroatoms. The molecule has 0 atom stereocenters. The second-order valence-electron chi connectivity index (χ2n) is 6.12. The molecule has 150 valence electrons. The van der Waals surface area contributed by atoms with Crippen LogP contribution in [0.2, 0.25) is 5.02 Å². The highest BCUT2D eigenvalue weighted by Crippen LogP contribution is 2.35. The zero-order chi connectivity index (χ0) is 20.9. The zero-order valence-electron chi connectivity index (χ0n) is 15.8. The lowest BCUT2D eigenvalue weighted by Crippen LogP contribution is -2.03. The van der Waals surface area contributed by atoms with Crippen molar-refractivity contribution in [3.05, 3.63) is 64.0 Å². The lowest BCUT2D eigenvalue weighted by molar-refractivity contribution is 0.0562. The van der Waals surface area contributed by atoms with Gasteiger partial charge in [0.15, 0.2) is 6.61 Å². The minimum absolute atomic E-state index is 0.00724. The predicted octanol–water partition coefficient (Wildman–Crippen LogP) is 4.79. The molecule has 0 fully saturated rings. The summed E-state index contributed by atoms with van der Waals surface area (Å²) in [6.45, 7) is 2.00. The van der Waals surface area contributed by atoms with Crippen molar-refractivity contribution in [2.75, 3.05) is 12.4 Å². The van der Waals surface area contributed by atoms with Gasteiger partial charge in [-0.1, -0.05) is 71.6 Å². The van der Waals surface area contributed by atoms with Crippen LogP contribution in [0.15, 0.2) is 53.7 Å². The number of carbonyl (C=O) groups is 1. The second kappa shape index (κ2) is 9.30. The Hall–Kier alpha value is -2.86. The number of hydrogen-bond acceptors (Lipinski definition) is 7. The summed E-state index contributed by atoms with van der Waals surface area (Å²) in [7, 11) is 0. The highest BCUT2D eigenvalue weighted by molar-refractivity contribution is 7.99. The van der Waals surface area contributed by atoms with E-state index in [2.05, 4.69) is 27.4 Å². The van der Waals surface area contributed by atoms with Crippen molar-refractivity contribution < 1.29 is 9.53 Å². The lowest BCUT2D eigenvalue weighted by Gasteiger charge is -2.05. The molecule has 6 nitrogen and oxygen atoms in total. The summed E-state index contributed by atoms with van der Waals surface area (Å²) in [5, 5.41) is 13.8. The molecule has 0 amide bonds. The van der Waals surface area contributed by atoms with Gasteiger partial charge >= 0.3 is 5.97 Å². The van der Waals surface area contributed by atoms with Crippen molar-refractivity contribution in [3.63, 3.8) is 0 Å². The SMILES string of the molecule is Cc1ccccc1-n1nnnc1SCC#CCOC(=O)c1sc2ccccc2c1Cl. The molecule has 0 saturated heterocycles. The summed E-state index contributed by atoms with van der Waals surface area (Å²) < 4.78 is 7.88. The number of thioether (sulfide) groups is 1. The first kappa shape index (κ1) is 20.4. The number of esters is 1. The molecule has 0 radical (unpaired) electrons. The number of hydrogen-bond donors (Lipinski definition) is 0. The van der Waals surface area contributed by atoms with E-state index in [1.807, 2.05) is 55.5 Å². The van der Waals surface area contributed by atoms with Gasteiger partial charge in [-0.15, -0.1) is 16.4 Å². The van der Waals surface area contributed by atoms with Crippen LogP contribution in [-0.2, 0) is 4.74 Å². The summed E-state index contributed by atoms with van der Waals surface area (Å²) in [4.78, 5) is 12.7. The molecule has 0 saturated carbocycles. The Morgan fingerprint density at radius 1 is 1.20 bits per heavy atom. The number of fused-ring (bicyclic) bond motifs is 1. The van der Waals surface area contributed by atoms with Crippen LogP contribution in [0.5, 0.6) is 0 Å². The summed E-state index contributed by atoms with van der Waals surface area (Å²) in [5.74, 6) is 5.80. The minimum Gasteiger partial charge on any atom is -0.448 e. The van der Waals surface area contributed by atoms with E-state index in [4.69, 9.17) is 16.3 Å². The average Bonchev–Trinajstić information content (AvgIpc) is 3.35. The van der Waals surface area contributed by atoms with E-state index in [-0.39, 0.29) is 6.61 Å². The number of aromatic nitrogens is 4. The van der Waals surface area contributed by atoms with Gasteiger partial charge in [0.1, 0.15) is 4.88 Å². The maximum atomic E-state index is 12.3. The Balaban J connectivity index is 1.32. The number of rotatable bonds is 5. The van der Waals surface area contributed by atoms with Gasteiger partial charge in [-0.3, -0.25) is 0 Å². The van der Waals surface area contributed by atoms with Crippen molar-refractivity contribution >= 4 is 50.8 Å². The fourth-order valence-electron chi connectivity index (χ4n) is 2.74. The zero-order valence-corrected chi connectivity index (χ0v) is 18.2. The van der Waals surface area contributed by atoms with Crippen LogP contribution < -0.4 is 0 Å². The lowest BCUT2D eigenvalue weighted by atomic mass is 10.2. The first-order valence-corrected chi connectivity index (χ1v) is 11.1. The molecular weight excluding hydrogens is 440 g/mol. The van der Waals surface area contributed by atoms with Gasteiger partial charge in [0, 0.05) is 10.1 Å². The first-order chi connectivity index (χ1) is 14.6. The quantitative estimate of drug-likeness (QED) is 0.245. The highest BCUT2D eigenvalue weighted by Gasteiger charge is 2.17. The molecule has 0 N–H and O–H groups in total. The van der Waals surface area contributed by atoms with E-state index < -0.39 is 5.97 Å². The van der Waals surface area contributed by atoms with Crippen molar-refractivity contribution in [2.24, 2.45) is 0 Å². The van der Waals surface area contributed by atoms with Gasteiger partial charge in [0.25, 0.3) is 0 Å². The molecule has 2 heterocycles. The normalized spacial score (nSPS) is 10.6. The maximum absolute atomic E-state index is 12.3. The fraction of sp³-hybridized carbons (Fsp3) is 0.143. The number of aryl methyl sites for hydroxylation is 1. The van der Waals surface area contributed by atoms with Crippen LogP contribution >= 0.6 is 34.7 Å². The number of tetrazole rings is 1. The molecule has 0 aliphatic carbocycles. The van der Waals surface area contributed by atoms with E-state index in [0.29, 0.717) is 20.8 Å². The van der Waals surface area contributed by atoms with Gasteiger partial charge in [0.05, 0.1) is 16.5 Å². The Kier molecular flexibility index (Phi) is 6.33. The van der Waals surface area contributed by atoms with Gasteiger partial charge in [-0.05, 0) is 35.0 Å². The molecular formula is C21H15ClN4O2S2. The van der Waals surface area contributed by atoms with Gasteiger partial charge in [-0.25, -0.2) is 4.79 Å². The van der Waals surface area contributed by atoms with Crippen LogP contribution in [0, 0.1) is 18.8 Å². The first-order valence-electron chi connectivity index (χ1n) is 8.92. The van der Waals surface area contributed by atoms with Gasteiger partial charge < -0.3 is 4.74 Å². The third kappa shape index (κ3) is 4.33. The summed E-state index contributed by atoms with van der Waals surface area (Å²) >= 11 is 9.02. The standard InChI is InChI=1S/C21H15ClN4O2S2/c1-14-8-2-4-10-16(14)26-21(23-24-25-26)29-13-7-6-12-28-20(27)19-18(22)15-9-3-5-11-17(15)30-19/h2-5,8-11H,12-13H2,1H3. The topological polar surface area (TPSA) is 69.9 Å². The molecule has 0 aliphatic heterocycles. The Labute approximate surface area is 186 Å². The number of benzene rings is 2. The molecule has 2 aromatic carbocycles. The Morgan fingerprint density at radius 2 is 2.00 bits per heavy atom. The molecule has 4 aromatic rings. The van der Waals surface area contributed by atoms with Crippen molar-refractivity contribution in [1.82, 2.24) is 20.2 Å². The number of halogens is 1.